The molecule has 98 valence electrons. The van der Waals surface area contributed by atoms with E-state index in [4.69, 9.17) is 20.6 Å². The molecular formula is C13H22O4. The molecule has 4 heteroatoms. The number of carbonyl (C=O) groups is 1. The van der Waals surface area contributed by atoms with Crippen LogP contribution in [0.15, 0.2) is 0 Å². The van der Waals surface area contributed by atoms with Gasteiger partial charge in [0.2, 0.25) is 0 Å². The SMILES string of the molecule is C#CCOCCCOCCC(=O)OC(C)(C)C. The van der Waals surface area contributed by atoms with Gasteiger partial charge in [0.25, 0.3) is 0 Å². The molecule has 0 heterocycles. The highest BCUT2D eigenvalue weighted by atomic mass is 16.6. The van der Waals surface area contributed by atoms with Crippen molar-refractivity contribution >= 4 is 5.97 Å². The lowest BCUT2D eigenvalue weighted by molar-refractivity contribution is -0.156. The van der Waals surface area contributed by atoms with Crippen molar-refractivity contribution < 1.29 is 19.0 Å². The lowest BCUT2D eigenvalue weighted by Crippen LogP contribution is -2.24. The normalized spacial score (nSPS) is 10.9. The van der Waals surface area contributed by atoms with E-state index in [-0.39, 0.29) is 12.4 Å². The minimum absolute atomic E-state index is 0.235. The first-order valence-corrected chi connectivity index (χ1v) is 5.76. The van der Waals surface area contributed by atoms with Crippen LogP contribution in [0.5, 0.6) is 0 Å². The van der Waals surface area contributed by atoms with Crippen LogP contribution >= 0.6 is 0 Å². The topological polar surface area (TPSA) is 44.8 Å². The predicted molar refractivity (Wildman–Crippen MR) is 65.6 cm³/mol. The van der Waals surface area contributed by atoms with Gasteiger partial charge in [0, 0.05) is 6.61 Å². The maximum absolute atomic E-state index is 11.3. The highest BCUT2D eigenvalue weighted by Gasteiger charge is 2.15. The number of hydrogen-bond acceptors (Lipinski definition) is 4. The Morgan fingerprint density at radius 3 is 2.41 bits per heavy atom. The van der Waals surface area contributed by atoms with Gasteiger partial charge in [-0.3, -0.25) is 4.79 Å². The molecule has 0 aromatic heterocycles. The zero-order chi connectivity index (χ0) is 13.1. The molecule has 0 fully saturated rings. The Labute approximate surface area is 104 Å². The fourth-order valence-electron chi connectivity index (χ4n) is 1.04. The first kappa shape index (κ1) is 16.0. The Balaban J connectivity index is 3.29. The molecule has 0 saturated carbocycles. The minimum Gasteiger partial charge on any atom is -0.460 e. The molecule has 0 bridgehead atoms. The van der Waals surface area contributed by atoms with Crippen LogP contribution in [-0.2, 0) is 19.0 Å². The van der Waals surface area contributed by atoms with Gasteiger partial charge in [-0.1, -0.05) is 5.92 Å². The van der Waals surface area contributed by atoms with Crippen LogP contribution in [0.1, 0.15) is 33.6 Å². The van der Waals surface area contributed by atoms with Crippen LogP contribution in [0.4, 0.5) is 0 Å². The molecule has 0 amide bonds. The number of ether oxygens (including phenoxy) is 3. The van der Waals surface area contributed by atoms with Crippen molar-refractivity contribution in [2.75, 3.05) is 26.4 Å². The number of esters is 1. The summed E-state index contributed by atoms with van der Waals surface area (Å²) in [6.07, 6.45) is 6.07. The van der Waals surface area contributed by atoms with Gasteiger partial charge in [-0.25, -0.2) is 0 Å². The zero-order valence-electron chi connectivity index (χ0n) is 11.0. The summed E-state index contributed by atoms with van der Waals surface area (Å²) in [6, 6.07) is 0. The highest BCUT2D eigenvalue weighted by Crippen LogP contribution is 2.08. The van der Waals surface area contributed by atoms with E-state index >= 15 is 0 Å². The molecule has 0 aliphatic heterocycles. The van der Waals surface area contributed by atoms with E-state index in [9.17, 15) is 4.79 Å². The average Bonchev–Trinajstić information content (AvgIpc) is 2.19. The van der Waals surface area contributed by atoms with E-state index in [2.05, 4.69) is 5.92 Å². The Hall–Kier alpha value is -1.05. The maximum Gasteiger partial charge on any atom is 0.308 e. The highest BCUT2D eigenvalue weighted by molar-refractivity contribution is 5.69. The number of carbonyl (C=O) groups excluding carboxylic acids is 1. The van der Waals surface area contributed by atoms with E-state index < -0.39 is 5.60 Å². The summed E-state index contributed by atoms with van der Waals surface area (Å²) in [4.78, 5) is 11.3. The van der Waals surface area contributed by atoms with Crippen molar-refractivity contribution in [1.29, 1.82) is 0 Å². The third-order valence-electron chi connectivity index (χ3n) is 1.63. The summed E-state index contributed by atoms with van der Waals surface area (Å²) < 4.78 is 15.5. The fraction of sp³-hybridized carbons (Fsp3) is 0.769. The summed E-state index contributed by atoms with van der Waals surface area (Å²) in [7, 11) is 0. The largest absolute Gasteiger partial charge is 0.460 e. The molecule has 0 N–H and O–H groups in total. The molecule has 0 spiro atoms. The zero-order valence-corrected chi connectivity index (χ0v) is 11.0. The van der Waals surface area contributed by atoms with Gasteiger partial charge >= 0.3 is 5.97 Å². The van der Waals surface area contributed by atoms with E-state index in [0.29, 0.717) is 26.4 Å². The number of rotatable bonds is 8. The van der Waals surface area contributed by atoms with Gasteiger partial charge < -0.3 is 14.2 Å². The quantitative estimate of drug-likeness (QED) is 0.370. The van der Waals surface area contributed by atoms with E-state index in [0.717, 1.165) is 6.42 Å². The minimum atomic E-state index is -0.430. The molecule has 0 saturated heterocycles. The third-order valence-corrected chi connectivity index (χ3v) is 1.63. The molecule has 17 heavy (non-hydrogen) atoms. The lowest BCUT2D eigenvalue weighted by atomic mass is 10.2. The average molecular weight is 242 g/mol. The van der Waals surface area contributed by atoms with Crippen molar-refractivity contribution in [1.82, 2.24) is 0 Å². The van der Waals surface area contributed by atoms with Gasteiger partial charge in [-0.05, 0) is 27.2 Å². The maximum atomic E-state index is 11.3. The van der Waals surface area contributed by atoms with Crippen molar-refractivity contribution in [3.8, 4) is 12.3 Å². The molecule has 0 rings (SSSR count). The van der Waals surface area contributed by atoms with Gasteiger partial charge in [0.05, 0.1) is 19.6 Å². The number of terminal acetylenes is 1. The molecule has 0 atom stereocenters. The standard InChI is InChI=1S/C13H22O4/c1-5-8-15-9-6-10-16-11-7-12(14)17-13(2,3)4/h1H,6-11H2,2-4H3. The van der Waals surface area contributed by atoms with Crippen molar-refractivity contribution in [3.63, 3.8) is 0 Å². The second kappa shape index (κ2) is 9.03. The molecule has 0 aliphatic rings. The summed E-state index contributed by atoms with van der Waals surface area (Å²) in [6.45, 7) is 7.38. The van der Waals surface area contributed by atoms with Gasteiger partial charge in [0.15, 0.2) is 0 Å². The molecule has 0 unspecified atom stereocenters. The van der Waals surface area contributed by atoms with Crippen LogP contribution < -0.4 is 0 Å². The molecular weight excluding hydrogens is 220 g/mol. The van der Waals surface area contributed by atoms with Crippen molar-refractivity contribution in [2.45, 2.75) is 39.2 Å². The lowest BCUT2D eigenvalue weighted by Gasteiger charge is -2.19. The summed E-state index contributed by atoms with van der Waals surface area (Å²) in [5.74, 6) is 2.15. The Morgan fingerprint density at radius 1 is 1.18 bits per heavy atom. The first-order chi connectivity index (χ1) is 7.95. The van der Waals surface area contributed by atoms with Crippen LogP contribution in [0.25, 0.3) is 0 Å². The number of hydrogen-bond donors (Lipinski definition) is 0. The Bertz CT molecular complexity index is 247. The molecule has 0 aromatic carbocycles. The van der Waals surface area contributed by atoms with Crippen molar-refractivity contribution in [3.05, 3.63) is 0 Å². The van der Waals surface area contributed by atoms with Crippen molar-refractivity contribution in [2.24, 2.45) is 0 Å². The monoisotopic (exact) mass is 242 g/mol. The smallest absolute Gasteiger partial charge is 0.308 e. The van der Waals surface area contributed by atoms with Gasteiger partial charge in [-0.15, -0.1) is 6.42 Å². The summed E-state index contributed by atoms with van der Waals surface area (Å²) in [5, 5.41) is 0. The fourth-order valence-corrected chi connectivity index (χ4v) is 1.04. The van der Waals surface area contributed by atoms with Gasteiger partial charge in [-0.2, -0.15) is 0 Å². The summed E-state index contributed by atoms with van der Waals surface area (Å²) >= 11 is 0. The van der Waals surface area contributed by atoms with E-state index in [1.165, 1.54) is 0 Å². The summed E-state index contributed by atoms with van der Waals surface area (Å²) in [5.41, 5.74) is -0.430. The van der Waals surface area contributed by atoms with Crippen LogP contribution in [0.2, 0.25) is 0 Å². The van der Waals surface area contributed by atoms with Crippen LogP contribution in [0.3, 0.4) is 0 Å². The van der Waals surface area contributed by atoms with Gasteiger partial charge in [0.1, 0.15) is 12.2 Å². The Kier molecular flexibility index (Phi) is 8.47. The molecule has 4 nitrogen and oxygen atoms in total. The second-order valence-corrected chi connectivity index (χ2v) is 4.56. The molecule has 0 radical (unpaired) electrons. The molecule has 0 aliphatic carbocycles. The third kappa shape index (κ3) is 12.9. The Morgan fingerprint density at radius 2 is 1.82 bits per heavy atom. The second-order valence-electron chi connectivity index (χ2n) is 4.56. The first-order valence-electron chi connectivity index (χ1n) is 5.76. The van der Waals surface area contributed by atoms with Crippen LogP contribution in [-0.4, -0.2) is 38.0 Å². The van der Waals surface area contributed by atoms with Crippen LogP contribution in [0, 0.1) is 12.3 Å². The van der Waals surface area contributed by atoms with E-state index in [1.807, 2.05) is 20.8 Å². The molecule has 0 aromatic rings. The van der Waals surface area contributed by atoms with E-state index in [1.54, 1.807) is 0 Å². The predicted octanol–water partition coefficient (Wildman–Crippen LogP) is 1.77.